The van der Waals surface area contributed by atoms with Gasteiger partial charge in [-0.3, -0.25) is 14.4 Å². The standard InChI is InChI=1S/C9H10N2O/c1-6-7(2)10-11-4-3-8(12)5-9(6)11/h3-5,10H,1-2H3. The molecule has 0 spiro atoms. The number of H-pyrrole nitrogens is 1. The molecular formula is C9H10N2O. The highest BCUT2D eigenvalue weighted by Crippen LogP contribution is 2.10. The molecule has 0 aliphatic heterocycles. The average Bonchev–Trinajstić information content (AvgIpc) is 2.31. The van der Waals surface area contributed by atoms with Crippen LogP contribution in [0.4, 0.5) is 0 Å². The van der Waals surface area contributed by atoms with Crippen molar-refractivity contribution >= 4 is 5.52 Å². The first-order chi connectivity index (χ1) is 5.68. The number of fused-ring (bicyclic) bond motifs is 1. The number of aromatic nitrogens is 2. The summed E-state index contributed by atoms with van der Waals surface area (Å²) in [4.78, 5) is 11.0. The zero-order valence-corrected chi connectivity index (χ0v) is 7.09. The van der Waals surface area contributed by atoms with Gasteiger partial charge in [-0.1, -0.05) is 0 Å². The van der Waals surface area contributed by atoms with Crippen molar-refractivity contribution in [1.82, 2.24) is 9.61 Å². The number of hydrogen-bond acceptors (Lipinski definition) is 1. The van der Waals surface area contributed by atoms with Gasteiger partial charge in [0, 0.05) is 24.0 Å². The van der Waals surface area contributed by atoms with E-state index in [2.05, 4.69) is 5.10 Å². The summed E-state index contributed by atoms with van der Waals surface area (Å²) in [5, 5.41) is 3.13. The first-order valence-electron chi connectivity index (χ1n) is 3.86. The second-order valence-corrected chi connectivity index (χ2v) is 2.98. The summed E-state index contributed by atoms with van der Waals surface area (Å²) in [6, 6.07) is 3.18. The Morgan fingerprint density at radius 2 is 2.17 bits per heavy atom. The van der Waals surface area contributed by atoms with Crippen LogP contribution >= 0.6 is 0 Å². The number of aryl methyl sites for hydroxylation is 2. The van der Waals surface area contributed by atoms with Gasteiger partial charge in [0.2, 0.25) is 0 Å². The SMILES string of the molecule is Cc1[nH]n2ccc(=O)cc2c1C. The summed E-state index contributed by atoms with van der Waals surface area (Å²) in [5.74, 6) is 0. The maximum absolute atomic E-state index is 11.0. The predicted octanol–water partition coefficient (Wildman–Crippen LogP) is 1.24. The number of aromatic amines is 1. The summed E-state index contributed by atoms with van der Waals surface area (Å²) in [5.41, 5.74) is 3.24. The van der Waals surface area contributed by atoms with Crippen LogP contribution < -0.4 is 5.43 Å². The van der Waals surface area contributed by atoms with Gasteiger partial charge in [0.05, 0.1) is 5.52 Å². The maximum Gasteiger partial charge on any atom is 0.182 e. The topological polar surface area (TPSA) is 37.3 Å². The molecule has 0 aromatic carbocycles. The lowest BCUT2D eigenvalue weighted by Crippen LogP contribution is -1.98. The Balaban J connectivity index is 2.98. The van der Waals surface area contributed by atoms with Gasteiger partial charge in [0.25, 0.3) is 0 Å². The van der Waals surface area contributed by atoms with Gasteiger partial charge in [-0.15, -0.1) is 0 Å². The predicted molar refractivity (Wildman–Crippen MR) is 47.5 cm³/mol. The van der Waals surface area contributed by atoms with Gasteiger partial charge in [0.15, 0.2) is 5.43 Å². The van der Waals surface area contributed by atoms with Crippen LogP contribution in [0.3, 0.4) is 0 Å². The second-order valence-electron chi connectivity index (χ2n) is 2.98. The molecule has 2 heterocycles. The lowest BCUT2D eigenvalue weighted by molar-refractivity contribution is 0.931. The number of nitrogens with one attached hydrogen (secondary N) is 1. The van der Waals surface area contributed by atoms with E-state index in [9.17, 15) is 4.79 Å². The van der Waals surface area contributed by atoms with E-state index in [4.69, 9.17) is 0 Å². The molecule has 0 bridgehead atoms. The molecule has 62 valence electrons. The Kier molecular flexibility index (Phi) is 1.33. The van der Waals surface area contributed by atoms with Crippen LogP contribution in [-0.2, 0) is 0 Å². The first-order valence-corrected chi connectivity index (χ1v) is 3.86. The van der Waals surface area contributed by atoms with Crippen molar-refractivity contribution in [2.45, 2.75) is 13.8 Å². The van der Waals surface area contributed by atoms with Crippen molar-refractivity contribution in [1.29, 1.82) is 0 Å². The van der Waals surface area contributed by atoms with Crippen LogP contribution in [0.2, 0.25) is 0 Å². The highest BCUT2D eigenvalue weighted by atomic mass is 16.1. The quantitative estimate of drug-likeness (QED) is 0.621. The molecule has 3 heteroatoms. The first kappa shape index (κ1) is 7.16. The summed E-state index contributed by atoms with van der Waals surface area (Å²) in [7, 11) is 0. The Hall–Kier alpha value is -1.51. The van der Waals surface area contributed by atoms with Crippen LogP contribution in [0.25, 0.3) is 5.52 Å². The monoisotopic (exact) mass is 162 g/mol. The van der Waals surface area contributed by atoms with Crippen molar-refractivity contribution in [2.24, 2.45) is 0 Å². The number of pyridine rings is 1. The van der Waals surface area contributed by atoms with Crippen LogP contribution in [0.5, 0.6) is 0 Å². The van der Waals surface area contributed by atoms with Crippen LogP contribution in [0.1, 0.15) is 11.3 Å². The van der Waals surface area contributed by atoms with E-state index in [0.717, 1.165) is 16.8 Å². The minimum atomic E-state index is 0.0529. The lowest BCUT2D eigenvalue weighted by atomic mass is 10.2. The van der Waals surface area contributed by atoms with Crippen molar-refractivity contribution in [3.8, 4) is 0 Å². The van der Waals surface area contributed by atoms with Crippen molar-refractivity contribution in [2.75, 3.05) is 0 Å². The van der Waals surface area contributed by atoms with E-state index < -0.39 is 0 Å². The minimum absolute atomic E-state index is 0.0529. The molecule has 0 saturated carbocycles. The zero-order valence-electron chi connectivity index (χ0n) is 7.09. The Bertz CT molecular complexity index is 479. The molecule has 1 N–H and O–H groups in total. The average molecular weight is 162 g/mol. The van der Waals surface area contributed by atoms with E-state index in [1.165, 1.54) is 0 Å². The Morgan fingerprint density at radius 1 is 1.42 bits per heavy atom. The molecule has 3 nitrogen and oxygen atoms in total. The third-order valence-corrected chi connectivity index (χ3v) is 2.16. The van der Waals surface area contributed by atoms with E-state index in [1.807, 2.05) is 18.4 Å². The Labute approximate surface area is 69.6 Å². The fourth-order valence-corrected chi connectivity index (χ4v) is 1.32. The van der Waals surface area contributed by atoms with E-state index >= 15 is 0 Å². The van der Waals surface area contributed by atoms with Gasteiger partial charge >= 0.3 is 0 Å². The molecule has 0 atom stereocenters. The number of hydrogen-bond donors (Lipinski definition) is 1. The van der Waals surface area contributed by atoms with Gasteiger partial charge in [0.1, 0.15) is 0 Å². The Morgan fingerprint density at radius 3 is 2.92 bits per heavy atom. The van der Waals surface area contributed by atoms with Crippen molar-refractivity contribution in [3.05, 3.63) is 39.8 Å². The third kappa shape index (κ3) is 0.863. The highest BCUT2D eigenvalue weighted by Gasteiger charge is 2.01. The fourth-order valence-electron chi connectivity index (χ4n) is 1.32. The normalized spacial score (nSPS) is 10.8. The smallest absolute Gasteiger partial charge is 0.182 e. The maximum atomic E-state index is 11.0. The van der Waals surface area contributed by atoms with Gasteiger partial charge in [-0.25, -0.2) is 0 Å². The van der Waals surface area contributed by atoms with Gasteiger partial charge in [-0.05, 0) is 19.4 Å². The molecule has 0 saturated heterocycles. The molecule has 2 aromatic rings. The van der Waals surface area contributed by atoms with Crippen LogP contribution in [-0.4, -0.2) is 9.61 Å². The number of rotatable bonds is 0. The summed E-state index contributed by atoms with van der Waals surface area (Å²) < 4.78 is 1.85. The van der Waals surface area contributed by atoms with E-state index in [-0.39, 0.29) is 5.43 Å². The molecule has 0 radical (unpaired) electrons. The third-order valence-electron chi connectivity index (χ3n) is 2.16. The van der Waals surface area contributed by atoms with Crippen LogP contribution in [0.15, 0.2) is 23.1 Å². The van der Waals surface area contributed by atoms with Crippen molar-refractivity contribution in [3.63, 3.8) is 0 Å². The van der Waals surface area contributed by atoms with Gasteiger partial charge < -0.3 is 0 Å². The summed E-state index contributed by atoms with van der Waals surface area (Å²) in [6.07, 6.45) is 1.75. The van der Waals surface area contributed by atoms with E-state index in [0.29, 0.717) is 0 Å². The molecular weight excluding hydrogens is 152 g/mol. The minimum Gasteiger partial charge on any atom is -0.298 e. The molecule has 0 fully saturated rings. The lowest BCUT2D eigenvalue weighted by Gasteiger charge is -1.90. The molecule has 12 heavy (non-hydrogen) atoms. The molecule has 0 aliphatic carbocycles. The summed E-state index contributed by atoms with van der Waals surface area (Å²) >= 11 is 0. The highest BCUT2D eigenvalue weighted by molar-refractivity contribution is 5.55. The zero-order chi connectivity index (χ0) is 8.72. The molecule has 2 aromatic heterocycles. The summed E-state index contributed by atoms with van der Waals surface area (Å²) in [6.45, 7) is 3.99. The fraction of sp³-hybridized carbons (Fsp3) is 0.222. The van der Waals surface area contributed by atoms with E-state index in [1.54, 1.807) is 18.3 Å². The molecule has 0 amide bonds. The number of nitrogens with zero attached hydrogens (tertiary/aromatic N) is 1. The largest absolute Gasteiger partial charge is 0.298 e. The van der Waals surface area contributed by atoms with Gasteiger partial charge in [-0.2, -0.15) is 0 Å². The molecule has 0 unspecified atom stereocenters. The van der Waals surface area contributed by atoms with Crippen molar-refractivity contribution < 1.29 is 0 Å². The molecule has 0 aliphatic rings. The second kappa shape index (κ2) is 2.24. The molecule has 2 rings (SSSR count). The van der Waals surface area contributed by atoms with Crippen LogP contribution in [0, 0.1) is 13.8 Å².